The number of hydrogen-bond donors (Lipinski definition) is 3. The summed E-state index contributed by atoms with van der Waals surface area (Å²) >= 11 is 0. The van der Waals surface area contributed by atoms with Crippen LogP contribution in [0.15, 0.2) is 0 Å². The van der Waals surface area contributed by atoms with Crippen LogP contribution in [0.2, 0.25) is 0 Å². The highest BCUT2D eigenvalue weighted by molar-refractivity contribution is 6.27. The van der Waals surface area contributed by atoms with Crippen molar-refractivity contribution >= 4 is 17.9 Å². The second kappa shape index (κ2) is 11.8. The molecule has 0 aromatic carbocycles. The maximum Gasteiger partial charge on any atom is 0.414 e. The predicted molar refractivity (Wildman–Crippen MR) is 91.6 cm³/mol. The van der Waals surface area contributed by atoms with E-state index in [1.54, 1.807) is 0 Å². The first-order valence-electron chi connectivity index (χ1n) is 8.22. The van der Waals surface area contributed by atoms with Crippen molar-refractivity contribution in [3.63, 3.8) is 0 Å². The summed E-state index contributed by atoms with van der Waals surface area (Å²) in [5, 5.41) is 18.0. The smallest absolute Gasteiger partial charge is 0.414 e. The number of carbonyl (C=O) groups is 2. The van der Waals surface area contributed by atoms with E-state index in [1.165, 1.54) is 46.6 Å². The second-order valence-corrected chi connectivity index (χ2v) is 5.43. The predicted octanol–water partition coefficient (Wildman–Crippen LogP) is 0.332. The minimum Gasteiger partial charge on any atom is -0.473 e. The van der Waals surface area contributed by atoms with E-state index in [0.29, 0.717) is 5.95 Å². The SMILES string of the molecule is COc1nc(NCCCN2CCCCC2)nc(OC)n1.O=C(O)C(=O)O. The topological polar surface area (TPSA) is 147 Å². The lowest BCUT2D eigenvalue weighted by Crippen LogP contribution is -2.31. The normalized spacial score (nSPS) is 13.9. The van der Waals surface area contributed by atoms with E-state index in [2.05, 4.69) is 25.2 Å². The van der Waals surface area contributed by atoms with Crippen LogP contribution in [-0.4, -0.2) is 82.4 Å². The first-order valence-corrected chi connectivity index (χ1v) is 8.22. The summed E-state index contributed by atoms with van der Waals surface area (Å²) in [7, 11) is 3.05. The number of ether oxygens (including phenoxy) is 2. The van der Waals surface area contributed by atoms with Crippen molar-refractivity contribution in [2.45, 2.75) is 25.7 Å². The van der Waals surface area contributed by atoms with Crippen LogP contribution in [0.5, 0.6) is 12.0 Å². The molecular weight excluding hydrogens is 346 g/mol. The number of carboxylic acid groups (broad SMARTS) is 2. The van der Waals surface area contributed by atoms with Gasteiger partial charge >= 0.3 is 24.0 Å². The van der Waals surface area contributed by atoms with Gasteiger partial charge in [-0.25, -0.2) is 9.59 Å². The summed E-state index contributed by atoms with van der Waals surface area (Å²) in [6.45, 7) is 4.40. The fourth-order valence-corrected chi connectivity index (χ4v) is 2.29. The van der Waals surface area contributed by atoms with Crippen molar-refractivity contribution in [3.05, 3.63) is 0 Å². The third-order valence-corrected chi connectivity index (χ3v) is 3.53. The first-order chi connectivity index (χ1) is 12.5. The van der Waals surface area contributed by atoms with Gasteiger partial charge in [-0.1, -0.05) is 6.42 Å². The highest BCUT2D eigenvalue weighted by atomic mass is 16.5. The summed E-state index contributed by atoms with van der Waals surface area (Å²) in [5.41, 5.74) is 0. The Morgan fingerprint density at radius 3 is 2.00 bits per heavy atom. The Hall–Kier alpha value is -2.69. The molecule has 1 aliphatic rings. The largest absolute Gasteiger partial charge is 0.473 e. The standard InChI is InChI=1S/C13H23N5O2.C2H2O4/c1-19-12-15-11(16-13(17-12)20-2)14-7-6-10-18-8-4-3-5-9-18;3-1(4)2(5)6/h3-10H2,1-2H3,(H,14,15,16,17);(H,3,4)(H,5,6). The van der Waals surface area contributed by atoms with E-state index in [1.807, 2.05) is 0 Å². The molecule has 0 radical (unpaired) electrons. The quantitative estimate of drug-likeness (QED) is 0.450. The molecule has 1 aliphatic heterocycles. The molecule has 0 spiro atoms. The molecule has 0 unspecified atom stereocenters. The number of rotatable bonds is 7. The summed E-state index contributed by atoms with van der Waals surface area (Å²) in [6.07, 6.45) is 5.10. The van der Waals surface area contributed by atoms with Gasteiger partial charge in [-0.3, -0.25) is 0 Å². The van der Waals surface area contributed by atoms with Crippen LogP contribution >= 0.6 is 0 Å². The lowest BCUT2D eigenvalue weighted by molar-refractivity contribution is -0.159. The molecule has 3 N–H and O–H groups in total. The van der Waals surface area contributed by atoms with Crippen LogP contribution in [-0.2, 0) is 9.59 Å². The van der Waals surface area contributed by atoms with Crippen LogP contribution < -0.4 is 14.8 Å². The molecule has 0 aliphatic carbocycles. The fraction of sp³-hybridized carbons (Fsp3) is 0.667. The van der Waals surface area contributed by atoms with E-state index in [9.17, 15) is 0 Å². The van der Waals surface area contributed by atoms with Crippen LogP contribution in [0.4, 0.5) is 5.95 Å². The minimum absolute atomic E-state index is 0.260. The number of likely N-dealkylation sites (tertiary alicyclic amines) is 1. The van der Waals surface area contributed by atoms with Gasteiger partial charge in [-0.05, 0) is 38.9 Å². The van der Waals surface area contributed by atoms with Crippen molar-refractivity contribution in [1.82, 2.24) is 19.9 Å². The zero-order valence-corrected chi connectivity index (χ0v) is 15.0. The number of hydrogen-bond acceptors (Lipinski definition) is 9. The Labute approximate surface area is 151 Å². The number of aromatic nitrogens is 3. The van der Waals surface area contributed by atoms with Gasteiger partial charge in [0.1, 0.15) is 0 Å². The van der Waals surface area contributed by atoms with Gasteiger partial charge in [-0.2, -0.15) is 9.97 Å². The molecule has 146 valence electrons. The number of anilines is 1. The number of carboxylic acids is 2. The molecular formula is C15H25N5O6. The van der Waals surface area contributed by atoms with Gasteiger partial charge < -0.3 is 29.9 Å². The number of aliphatic carboxylic acids is 2. The van der Waals surface area contributed by atoms with E-state index in [0.717, 1.165) is 19.5 Å². The van der Waals surface area contributed by atoms with Gasteiger partial charge in [-0.15, -0.1) is 4.98 Å². The lowest BCUT2D eigenvalue weighted by atomic mass is 10.1. The minimum atomic E-state index is -1.82. The molecule has 2 heterocycles. The number of nitrogens with one attached hydrogen (secondary N) is 1. The number of methoxy groups -OCH3 is 2. The van der Waals surface area contributed by atoms with Crippen molar-refractivity contribution in [3.8, 4) is 12.0 Å². The lowest BCUT2D eigenvalue weighted by Gasteiger charge is -2.26. The van der Waals surface area contributed by atoms with Crippen molar-refractivity contribution in [2.24, 2.45) is 0 Å². The van der Waals surface area contributed by atoms with Gasteiger partial charge in [0.2, 0.25) is 5.95 Å². The monoisotopic (exact) mass is 371 g/mol. The van der Waals surface area contributed by atoms with Crippen LogP contribution in [0.1, 0.15) is 25.7 Å². The van der Waals surface area contributed by atoms with E-state index in [-0.39, 0.29) is 12.0 Å². The zero-order valence-electron chi connectivity index (χ0n) is 15.0. The van der Waals surface area contributed by atoms with E-state index < -0.39 is 11.9 Å². The average molecular weight is 371 g/mol. The first kappa shape index (κ1) is 21.4. The van der Waals surface area contributed by atoms with Gasteiger partial charge in [0.05, 0.1) is 14.2 Å². The van der Waals surface area contributed by atoms with Gasteiger partial charge in [0.15, 0.2) is 0 Å². The molecule has 2 rings (SSSR count). The van der Waals surface area contributed by atoms with Gasteiger partial charge in [0.25, 0.3) is 0 Å². The summed E-state index contributed by atoms with van der Waals surface area (Å²) in [5.74, 6) is -3.16. The Bertz CT molecular complexity index is 545. The van der Waals surface area contributed by atoms with Crippen molar-refractivity contribution in [1.29, 1.82) is 0 Å². The molecule has 1 fully saturated rings. The maximum absolute atomic E-state index is 9.10. The molecule has 0 amide bonds. The van der Waals surface area contributed by atoms with Gasteiger partial charge in [0, 0.05) is 6.54 Å². The van der Waals surface area contributed by atoms with Crippen LogP contribution in [0.25, 0.3) is 0 Å². The molecule has 26 heavy (non-hydrogen) atoms. The molecule has 0 bridgehead atoms. The van der Waals surface area contributed by atoms with E-state index in [4.69, 9.17) is 29.3 Å². The second-order valence-electron chi connectivity index (χ2n) is 5.43. The maximum atomic E-state index is 9.10. The highest BCUT2D eigenvalue weighted by Gasteiger charge is 2.10. The molecule has 11 heteroatoms. The average Bonchev–Trinajstić information content (AvgIpc) is 2.66. The molecule has 11 nitrogen and oxygen atoms in total. The number of piperidine rings is 1. The molecule has 1 aromatic rings. The molecule has 1 aromatic heterocycles. The Morgan fingerprint density at radius 2 is 1.54 bits per heavy atom. The summed E-state index contributed by atoms with van der Waals surface area (Å²) in [6, 6.07) is 0.519. The van der Waals surface area contributed by atoms with Crippen LogP contribution in [0, 0.1) is 0 Å². The van der Waals surface area contributed by atoms with Crippen LogP contribution in [0.3, 0.4) is 0 Å². The van der Waals surface area contributed by atoms with Crippen molar-refractivity contribution < 1.29 is 29.3 Å². The van der Waals surface area contributed by atoms with Crippen molar-refractivity contribution in [2.75, 3.05) is 45.7 Å². The molecule has 0 atom stereocenters. The molecule has 0 saturated carbocycles. The highest BCUT2D eigenvalue weighted by Crippen LogP contribution is 2.12. The Balaban J connectivity index is 0.000000487. The van der Waals surface area contributed by atoms with E-state index >= 15 is 0 Å². The zero-order chi connectivity index (χ0) is 19.4. The molecule has 1 saturated heterocycles. The Morgan fingerprint density at radius 1 is 1.00 bits per heavy atom. The number of nitrogens with zero attached hydrogens (tertiary/aromatic N) is 4. The fourth-order valence-electron chi connectivity index (χ4n) is 2.29. The Kier molecular flexibility index (Phi) is 9.69. The third kappa shape index (κ3) is 8.42. The third-order valence-electron chi connectivity index (χ3n) is 3.53. The summed E-state index contributed by atoms with van der Waals surface area (Å²) in [4.78, 5) is 32.9. The summed E-state index contributed by atoms with van der Waals surface area (Å²) < 4.78 is 10.0.